The number of rotatable bonds is 7. The molecular formula is C20H37IN6O. The molecule has 28 heavy (non-hydrogen) atoms. The van der Waals surface area contributed by atoms with Crippen molar-refractivity contribution in [3.63, 3.8) is 0 Å². The molecule has 0 unspecified atom stereocenters. The van der Waals surface area contributed by atoms with E-state index in [1.165, 1.54) is 64.5 Å². The Hall–Kier alpha value is -0.900. The smallest absolute Gasteiger partial charge is 0.228 e. The van der Waals surface area contributed by atoms with Gasteiger partial charge in [-0.25, -0.2) is 0 Å². The Labute approximate surface area is 186 Å². The van der Waals surface area contributed by atoms with Crippen molar-refractivity contribution in [3.05, 3.63) is 11.7 Å². The Balaban J connectivity index is 0.00000280. The lowest BCUT2D eigenvalue weighted by Gasteiger charge is -2.47. The summed E-state index contributed by atoms with van der Waals surface area (Å²) in [6, 6.07) is 0. The van der Waals surface area contributed by atoms with Crippen LogP contribution in [0.2, 0.25) is 0 Å². The number of guanidine groups is 1. The van der Waals surface area contributed by atoms with E-state index in [9.17, 15) is 0 Å². The van der Waals surface area contributed by atoms with Crippen molar-refractivity contribution in [3.8, 4) is 0 Å². The summed E-state index contributed by atoms with van der Waals surface area (Å²) in [6.07, 6.45) is 11.4. The van der Waals surface area contributed by atoms with Gasteiger partial charge in [0.25, 0.3) is 0 Å². The monoisotopic (exact) mass is 504 g/mol. The minimum absolute atomic E-state index is 0. The molecule has 1 aliphatic heterocycles. The molecule has 1 aliphatic carbocycles. The molecule has 0 amide bonds. The predicted molar refractivity (Wildman–Crippen MR) is 123 cm³/mol. The van der Waals surface area contributed by atoms with E-state index in [1.54, 1.807) is 0 Å². The number of aromatic nitrogens is 2. The summed E-state index contributed by atoms with van der Waals surface area (Å²) in [7, 11) is 0. The first kappa shape index (κ1) is 23.4. The molecule has 0 atom stereocenters. The highest BCUT2D eigenvalue weighted by molar-refractivity contribution is 14.0. The number of piperidine rings is 1. The lowest BCUT2D eigenvalue weighted by atomic mass is 9.79. The first-order chi connectivity index (χ1) is 13.2. The number of aryl methyl sites for hydroxylation is 1. The van der Waals surface area contributed by atoms with E-state index in [1.807, 2.05) is 6.92 Å². The maximum absolute atomic E-state index is 5.19. The van der Waals surface area contributed by atoms with Crippen LogP contribution in [-0.2, 0) is 6.42 Å². The first-order valence-electron chi connectivity index (χ1n) is 10.8. The van der Waals surface area contributed by atoms with Gasteiger partial charge in [-0.3, -0.25) is 9.89 Å². The fraction of sp³-hybridized carbons (Fsp3) is 0.850. The average molecular weight is 504 g/mol. The maximum atomic E-state index is 5.19. The normalized spacial score (nSPS) is 20.4. The van der Waals surface area contributed by atoms with Crippen molar-refractivity contribution in [2.75, 3.05) is 32.7 Å². The van der Waals surface area contributed by atoms with Crippen LogP contribution in [0.1, 0.15) is 70.0 Å². The molecule has 1 saturated carbocycles. The van der Waals surface area contributed by atoms with E-state index in [2.05, 4.69) is 32.6 Å². The zero-order valence-corrected chi connectivity index (χ0v) is 19.8. The lowest BCUT2D eigenvalue weighted by Crippen LogP contribution is -2.54. The van der Waals surface area contributed by atoms with Gasteiger partial charge in [0.1, 0.15) is 0 Å². The van der Waals surface area contributed by atoms with Crippen molar-refractivity contribution in [2.45, 2.75) is 77.2 Å². The third-order valence-electron chi connectivity index (χ3n) is 5.89. The molecule has 0 radical (unpaired) electrons. The van der Waals surface area contributed by atoms with Crippen LogP contribution in [0.3, 0.4) is 0 Å². The van der Waals surface area contributed by atoms with Crippen LogP contribution in [0, 0.1) is 6.92 Å². The molecular weight excluding hydrogens is 467 g/mol. The zero-order valence-electron chi connectivity index (χ0n) is 17.5. The van der Waals surface area contributed by atoms with Gasteiger partial charge >= 0.3 is 0 Å². The van der Waals surface area contributed by atoms with Gasteiger partial charge in [-0.15, -0.1) is 24.0 Å². The topological polar surface area (TPSA) is 78.6 Å². The van der Waals surface area contributed by atoms with Gasteiger partial charge in [0, 0.05) is 25.0 Å². The van der Waals surface area contributed by atoms with Crippen LogP contribution in [0.15, 0.2) is 9.52 Å². The average Bonchev–Trinajstić information content (AvgIpc) is 3.12. The molecule has 1 saturated heterocycles. The molecule has 0 aromatic carbocycles. The van der Waals surface area contributed by atoms with Crippen molar-refractivity contribution in [1.29, 1.82) is 0 Å². The quantitative estimate of drug-likeness (QED) is 0.337. The minimum atomic E-state index is 0. The van der Waals surface area contributed by atoms with E-state index in [0.29, 0.717) is 18.1 Å². The van der Waals surface area contributed by atoms with Crippen LogP contribution < -0.4 is 10.6 Å². The number of nitrogens with one attached hydrogen (secondary N) is 2. The molecule has 2 heterocycles. The summed E-state index contributed by atoms with van der Waals surface area (Å²) in [5, 5.41) is 10.7. The molecule has 160 valence electrons. The van der Waals surface area contributed by atoms with Gasteiger partial charge in [0.2, 0.25) is 5.89 Å². The second-order valence-corrected chi connectivity index (χ2v) is 7.94. The Morgan fingerprint density at radius 2 is 1.82 bits per heavy atom. The summed E-state index contributed by atoms with van der Waals surface area (Å²) >= 11 is 0. The predicted octanol–water partition coefficient (Wildman–Crippen LogP) is 3.28. The maximum Gasteiger partial charge on any atom is 0.228 e. The molecule has 7 nitrogen and oxygen atoms in total. The fourth-order valence-corrected chi connectivity index (χ4v) is 4.45. The van der Waals surface area contributed by atoms with Gasteiger partial charge in [-0.2, -0.15) is 4.98 Å². The molecule has 0 spiro atoms. The van der Waals surface area contributed by atoms with E-state index in [-0.39, 0.29) is 29.5 Å². The summed E-state index contributed by atoms with van der Waals surface area (Å²) in [5.74, 6) is 2.26. The van der Waals surface area contributed by atoms with Gasteiger partial charge < -0.3 is 15.2 Å². The van der Waals surface area contributed by atoms with Gasteiger partial charge in [0.15, 0.2) is 11.8 Å². The lowest BCUT2D eigenvalue weighted by molar-refractivity contribution is 0.0407. The third kappa shape index (κ3) is 6.57. The van der Waals surface area contributed by atoms with Crippen LogP contribution in [0.4, 0.5) is 0 Å². The summed E-state index contributed by atoms with van der Waals surface area (Å²) in [6.45, 7) is 8.94. The largest absolute Gasteiger partial charge is 0.357 e. The van der Waals surface area contributed by atoms with E-state index < -0.39 is 0 Å². The van der Waals surface area contributed by atoms with Crippen molar-refractivity contribution in [2.24, 2.45) is 4.99 Å². The number of likely N-dealkylation sites (tertiary alicyclic amines) is 1. The molecule has 2 fully saturated rings. The minimum Gasteiger partial charge on any atom is -0.357 e. The first-order valence-corrected chi connectivity index (χ1v) is 10.8. The standard InChI is InChI=1S/C20H36N6O.HI/c1-3-21-19(22-13-10-18-24-17(2)25-27-18)23-16-20(11-6-4-7-12-20)26-14-8-5-9-15-26;/h3-16H2,1-2H3,(H2,21,22,23);1H. The third-order valence-corrected chi connectivity index (χ3v) is 5.89. The van der Waals surface area contributed by atoms with Crippen molar-refractivity contribution in [1.82, 2.24) is 25.7 Å². The molecule has 2 aliphatic rings. The second-order valence-electron chi connectivity index (χ2n) is 7.94. The molecule has 1 aromatic rings. The van der Waals surface area contributed by atoms with Crippen LogP contribution in [0.5, 0.6) is 0 Å². The van der Waals surface area contributed by atoms with Gasteiger partial charge in [-0.1, -0.05) is 30.8 Å². The molecule has 3 rings (SSSR count). The van der Waals surface area contributed by atoms with Crippen molar-refractivity contribution >= 4 is 29.9 Å². The zero-order chi connectivity index (χ0) is 19.0. The Kier molecular flexibility index (Phi) is 9.98. The number of halogens is 1. The second kappa shape index (κ2) is 11.9. The van der Waals surface area contributed by atoms with Crippen molar-refractivity contribution < 1.29 is 4.52 Å². The Morgan fingerprint density at radius 1 is 1.11 bits per heavy atom. The highest BCUT2D eigenvalue weighted by Gasteiger charge is 2.38. The Bertz CT molecular complexity index is 593. The molecule has 1 aromatic heterocycles. The number of hydrogen-bond donors (Lipinski definition) is 2. The summed E-state index contributed by atoms with van der Waals surface area (Å²) < 4.78 is 5.19. The van der Waals surface area contributed by atoms with Crippen LogP contribution in [-0.4, -0.2) is 59.3 Å². The van der Waals surface area contributed by atoms with Gasteiger partial charge in [-0.05, 0) is 52.6 Å². The number of hydrogen-bond acceptors (Lipinski definition) is 5. The molecule has 0 bridgehead atoms. The summed E-state index contributed by atoms with van der Waals surface area (Å²) in [5.41, 5.74) is 0.268. The molecule has 2 N–H and O–H groups in total. The SMILES string of the molecule is CCNC(=NCC1(N2CCCCC2)CCCCC1)NCCc1nc(C)no1.I. The number of nitrogens with zero attached hydrogens (tertiary/aromatic N) is 4. The highest BCUT2D eigenvalue weighted by Crippen LogP contribution is 2.35. The Morgan fingerprint density at radius 3 is 2.46 bits per heavy atom. The van der Waals surface area contributed by atoms with E-state index in [0.717, 1.165) is 25.6 Å². The van der Waals surface area contributed by atoms with E-state index in [4.69, 9.17) is 9.52 Å². The number of aliphatic imine (C=N–C) groups is 1. The van der Waals surface area contributed by atoms with Gasteiger partial charge in [0.05, 0.1) is 6.54 Å². The highest BCUT2D eigenvalue weighted by atomic mass is 127. The van der Waals surface area contributed by atoms with E-state index >= 15 is 0 Å². The molecule has 8 heteroatoms. The van der Waals surface area contributed by atoms with Crippen LogP contribution in [0.25, 0.3) is 0 Å². The van der Waals surface area contributed by atoms with Crippen LogP contribution >= 0.6 is 24.0 Å². The fourth-order valence-electron chi connectivity index (χ4n) is 4.45. The summed E-state index contributed by atoms with van der Waals surface area (Å²) in [4.78, 5) is 12.0.